The molecule has 0 unspecified atom stereocenters. The van der Waals surface area contributed by atoms with Gasteiger partial charge in [0.25, 0.3) is 5.91 Å². The Hall–Kier alpha value is -2.27. The lowest BCUT2D eigenvalue weighted by Crippen LogP contribution is -2.30. The molecule has 1 aromatic carbocycles. The standard InChI is InChI=1S/C18H22N2O3/c21-18(20-15-5-6-15)13-23-16-7-3-14(4-8-16)9-10-19-12-17-2-1-11-22-17/h1-4,7-8,11,15,19H,5-6,9-10,12-13H2,(H,20,21). The average Bonchev–Trinajstić information content (AvgIpc) is 3.22. The van der Waals surface area contributed by atoms with Gasteiger partial charge in [-0.2, -0.15) is 0 Å². The number of nitrogens with one attached hydrogen (secondary N) is 2. The molecule has 1 fully saturated rings. The molecule has 2 aromatic rings. The van der Waals surface area contributed by atoms with Gasteiger partial charge < -0.3 is 19.8 Å². The lowest BCUT2D eigenvalue weighted by Gasteiger charge is -2.08. The van der Waals surface area contributed by atoms with Crippen molar-refractivity contribution in [3.8, 4) is 5.75 Å². The second kappa shape index (κ2) is 7.83. The number of hydrogen-bond acceptors (Lipinski definition) is 4. The Balaban J connectivity index is 1.34. The second-order valence-corrected chi connectivity index (χ2v) is 5.78. The number of benzene rings is 1. The molecule has 1 amide bonds. The van der Waals surface area contributed by atoms with E-state index in [1.54, 1.807) is 6.26 Å². The van der Waals surface area contributed by atoms with Crippen molar-refractivity contribution >= 4 is 5.91 Å². The largest absolute Gasteiger partial charge is 0.484 e. The van der Waals surface area contributed by atoms with Crippen LogP contribution >= 0.6 is 0 Å². The Morgan fingerprint density at radius 1 is 1.22 bits per heavy atom. The van der Waals surface area contributed by atoms with Gasteiger partial charge in [-0.25, -0.2) is 0 Å². The molecule has 122 valence electrons. The highest BCUT2D eigenvalue weighted by Gasteiger charge is 2.23. The van der Waals surface area contributed by atoms with E-state index >= 15 is 0 Å². The minimum Gasteiger partial charge on any atom is -0.484 e. The topological polar surface area (TPSA) is 63.5 Å². The smallest absolute Gasteiger partial charge is 0.258 e. The zero-order valence-corrected chi connectivity index (χ0v) is 13.1. The number of furan rings is 1. The van der Waals surface area contributed by atoms with Crippen LogP contribution in [-0.2, 0) is 17.8 Å². The molecule has 1 aromatic heterocycles. The Labute approximate surface area is 136 Å². The minimum atomic E-state index is -0.0429. The van der Waals surface area contributed by atoms with Crippen LogP contribution in [0.15, 0.2) is 47.1 Å². The monoisotopic (exact) mass is 314 g/mol. The van der Waals surface area contributed by atoms with E-state index in [2.05, 4.69) is 10.6 Å². The summed E-state index contributed by atoms with van der Waals surface area (Å²) in [5.41, 5.74) is 1.23. The van der Waals surface area contributed by atoms with E-state index in [0.717, 1.165) is 43.9 Å². The van der Waals surface area contributed by atoms with Gasteiger partial charge in [-0.05, 0) is 55.6 Å². The van der Waals surface area contributed by atoms with Crippen molar-refractivity contribution in [2.45, 2.75) is 31.8 Å². The van der Waals surface area contributed by atoms with Crippen LogP contribution in [-0.4, -0.2) is 25.1 Å². The van der Waals surface area contributed by atoms with Crippen molar-refractivity contribution in [3.05, 3.63) is 54.0 Å². The Bertz CT molecular complexity index is 604. The van der Waals surface area contributed by atoms with Crippen molar-refractivity contribution in [1.82, 2.24) is 10.6 Å². The molecule has 5 nitrogen and oxygen atoms in total. The summed E-state index contributed by atoms with van der Waals surface area (Å²) in [6.07, 6.45) is 4.80. The third-order valence-electron chi connectivity index (χ3n) is 3.71. The van der Waals surface area contributed by atoms with Crippen LogP contribution in [0.5, 0.6) is 5.75 Å². The third-order valence-corrected chi connectivity index (χ3v) is 3.71. The fraction of sp³-hybridized carbons (Fsp3) is 0.389. The van der Waals surface area contributed by atoms with Crippen LogP contribution in [0.2, 0.25) is 0 Å². The molecule has 1 aliphatic carbocycles. The van der Waals surface area contributed by atoms with E-state index in [1.807, 2.05) is 36.4 Å². The molecule has 0 atom stereocenters. The number of hydrogen-bond donors (Lipinski definition) is 2. The molecular weight excluding hydrogens is 292 g/mol. The van der Waals surface area contributed by atoms with Gasteiger partial charge in [-0.1, -0.05) is 12.1 Å². The predicted octanol–water partition coefficient (Wildman–Crippen LogP) is 2.27. The Morgan fingerprint density at radius 3 is 2.74 bits per heavy atom. The van der Waals surface area contributed by atoms with Gasteiger partial charge in [0.1, 0.15) is 11.5 Å². The number of rotatable bonds is 9. The molecular formula is C18H22N2O3. The SMILES string of the molecule is O=C(COc1ccc(CCNCc2ccco2)cc1)NC1CC1. The molecule has 2 N–H and O–H groups in total. The third kappa shape index (κ3) is 5.45. The van der Waals surface area contributed by atoms with Crippen molar-refractivity contribution in [1.29, 1.82) is 0 Å². The highest BCUT2D eigenvalue weighted by molar-refractivity contribution is 5.78. The van der Waals surface area contributed by atoms with Crippen LogP contribution in [0.3, 0.4) is 0 Å². The highest BCUT2D eigenvalue weighted by Crippen LogP contribution is 2.18. The average molecular weight is 314 g/mol. The second-order valence-electron chi connectivity index (χ2n) is 5.78. The fourth-order valence-electron chi connectivity index (χ4n) is 2.26. The quantitative estimate of drug-likeness (QED) is 0.697. The van der Waals surface area contributed by atoms with E-state index in [1.165, 1.54) is 5.56 Å². The molecule has 5 heteroatoms. The first-order chi connectivity index (χ1) is 11.3. The summed E-state index contributed by atoms with van der Waals surface area (Å²) < 4.78 is 10.7. The van der Waals surface area contributed by atoms with Gasteiger partial charge in [0.05, 0.1) is 12.8 Å². The molecule has 0 saturated heterocycles. The zero-order chi connectivity index (χ0) is 15.9. The maximum absolute atomic E-state index is 11.6. The molecule has 0 bridgehead atoms. The summed E-state index contributed by atoms with van der Waals surface area (Å²) in [7, 11) is 0. The van der Waals surface area contributed by atoms with E-state index in [0.29, 0.717) is 6.04 Å². The summed E-state index contributed by atoms with van der Waals surface area (Å²) in [4.78, 5) is 11.6. The number of carbonyl (C=O) groups is 1. The van der Waals surface area contributed by atoms with Gasteiger partial charge in [0, 0.05) is 6.04 Å². The molecule has 3 rings (SSSR count). The fourth-order valence-corrected chi connectivity index (χ4v) is 2.26. The Morgan fingerprint density at radius 2 is 2.04 bits per heavy atom. The first-order valence-electron chi connectivity index (χ1n) is 8.04. The summed E-state index contributed by atoms with van der Waals surface area (Å²) in [5, 5.41) is 6.24. The van der Waals surface area contributed by atoms with Crippen LogP contribution in [0, 0.1) is 0 Å². The maximum atomic E-state index is 11.6. The van der Waals surface area contributed by atoms with Gasteiger partial charge >= 0.3 is 0 Å². The lowest BCUT2D eigenvalue weighted by molar-refractivity contribution is -0.123. The number of amides is 1. The first-order valence-corrected chi connectivity index (χ1v) is 8.04. The Kier molecular flexibility index (Phi) is 5.32. The van der Waals surface area contributed by atoms with Crippen LogP contribution in [0.1, 0.15) is 24.2 Å². The van der Waals surface area contributed by atoms with E-state index in [-0.39, 0.29) is 12.5 Å². The summed E-state index contributed by atoms with van der Waals surface area (Å²) in [5.74, 6) is 1.63. The minimum absolute atomic E-state index is 0.0429. The van der Waals surface area contributed by atoms with E-state index in [9.17, 15) is 4.79 Å². The molecule has 0 spiro atoms. The molecule has 1 heterocycles. The van der Waals surface area contributed by atoms with Crippen LogP contribution in [0.25, 0.3) is 0 Å². The van der Waals surface area contributed by atoms with Crippen LogP contribution in [0.4, 0.5) is 0 Å². The molecule has 0 radical (unpaired) electrons. The highest BCUT2D eigenvalue weighted by atomic mass is 16.5. The van der Waals surface area contributed by atoms with Crippen molar-refractivity contribution in [2.75, 3.05) is 13.2 Å². The maximum Gasteiger partial charge on any atom is 0.258 e. The summed E-state index contributed by atoms with van der Waals surface area (Å²) in [6.45, 7) is 1.70. The van der Waals surface area contributed by atoms with Gasteiger partial charge in [-0.15, -0.1) is 0 Å². The molecule has 1 aliphatic rings. The van der Waals surface area contributed by atoms with Crippen molar-refractivity contribution in [2.24, 2.45) is 0 Å². The zero-order valence-electron chi connectivity index (χ0n) is 13.1. The number of carbonyl (C=O) groups excluding carboxylic acids is 1. The molecule has 0 aliphatic heterocycles. The summed E-state index contributed by atoms with van der Waals surface area (Å²) >= 11 is 0. The van der Waals surface area contributed by atoms with Gasteiger partial charge in [-0.3, -0.25) is 4.79 Å². The van der Waals surface area contributed by atoms with E-state index < -0.39 is 0 Å². The molecule has 1 saturated carbocycles. The predicted molar refractivity (Wildman–Crippen MR) is 87.2 cm³/mol. The van der Waals surface area contributed by atoms with Crippen LogP contribution < -0.4 is 15.4 Å². The number of ether oxygens (including phenoxy) is 1. The van der Waals surface area contributed by atoms with Crippen molar-refractivity contribution in [3.63, 3.8) is 0 Å². The van der Waals surface area contributed by atoms with Gasteiger partial charge in [0.2, 0.25) is 0 Å². The normalized spacial score (nSPS) is 13.7. The first kappa shape index (κ1) is 15.6. The molecule has 23 heavy (non-hydrogen) atoms. The lowest BCUT2D eigenvalue weighted by atomic mass is 10.1. The summed E-state index contributed by atoms with van der Waals surface area (Å²) in [6, 6.07) is 12.1. The van der Waals surface area contributed by atoms with E-state index in [4.69, 9.17) is 9.15 Å². The van der Waals surface area contributed by atoms with Crippen molar-refractivity contribution < 1.29 is 13.9 Å². The van der Waals surface area contributed by atoms with Gasteiger partial charge in [0.15, 0.2) is 6.61 Å².